The van der Waals surface area contributed by atoms with Gasteiger partial charge in [0.15, 0.2) is 0 Å². The number of rotatable bonds is 17. The lowest BCUT2D eigenvalue weighted by atomic mass is 8.94. The van der Waals surface area contributed by atoms with Crippen molar-refractivity contribution in [2.24, 2.45) is 58.7 Å². The number of amides is 4. The predicted molar refractivity (Wildman–Crippen MR) is 179 cm³/mol. The molecule has 4 amide bonds. The summed E-state index contributed by atoms with van der Waals surface area (Å²) >= 11 is 0. The number of likely N-dealkylation sites (N-methyl/N-ethyl adjacent to an activating group) is 2. The molecule has 5 atom stereocenters. The van der Waals surface area contributed by atoms with E-state index in [-0.39, 0.29) is 94.5 Å². The third kappa shape index (κ3) is 4.66. The molecule has 6 fully saturated rings. The molecule has 0 spiro atoms. The molecule has 0 unspecified atom stereocenters. The number of carbonyl (C=O) groups is 5. The first kappa shape index (κ1) is 34.4. The van der Waals surface area contributed by atoms with Crippen LogP contribution in [-0.2, 0) is 30.4 Å². The van der Waals surface area contributed by atoms with Crippen LogP contribution in [0.25, 0.3) is 0 Å². The summed E-state index contributed by atoms with van der Waals surface area (Å²) in [7, 11) is 5.26. The fraction of sp³-hybridized carbons (Fsp3) is 0.703. The van der Waals surface area contributed by atoms with Crippen LogP contribution in [0.4, 0.5) is 0 Å². The van der Waals surface area contributed by atoms with Crippen LogP contribution in [-0.4, -0.2) is 95.9 Å². The van der Waals surface area contributed by atoms with E-state index in [2.05, 4.69) is 16.0 Å². The Morgan fingerprint density at radius 2 is 1.46 bits per heavy atom. The first-order valence-electron chi connectivity index (χ1n) is 17.7. The Kier molecular flexibility index (Phi) is 8.70. The van der Waals surface area contributed by atoms with Gasteiger partial charge in [-0.25, -0.2) is 0 Å². The van der Waals surface area contributed by atoms with E-state index in [1.54, 1.807) is 33.0 Å². The zero-order valence-electron chi connectivity index (χ0n) is 29.5. The molecular weight excluding hydrogens is 610 g/mol. The van der Waals surface area contributed by atoms with E-state index in [1.807, 2.05) is 58.0 Å². The number of hydrogen-bond donors (Lipinski definition) is 4. The SMILES string of the molecule is CC[C@H](C)[C@H](NC(=O)CN(C)C)C(=O)N(C)[C@H](C(=O)NC12C3C4C1C1C2C3C41C(=O)N[C@@H](Cc1ccccc1)C[C@H](C)C(=O)O)C(C)C. The van der Waals surface area contributed by atoms with Gasteiger partial charge in [-0.3, -0.25) is 24.0 Å². The molecule has 1 aromatic carbocycles. The van der Waals surface area contributed by atoms with Crippen LogP contribution in [0.5, 0.6) is 0 Å². The number of nitrogens with zero attached hydrogens (tertiary/aromatic N) is 2. The molecule has 6 aliphatic rings. The van der Waals surface area contributed by atoms with Crippen molar-refractivity contribution >= 4 is 29.6 Å². The van der Waals surface area contributed by atoms with Crippen LogP contribution in [0.1, 0.15) is 53.0 Å². The van der Waals surface area contributed by atoms with Crippen LogP contribution in [0.15, 0.2) is 30.3 Å². The average molecular weight is 664 g/mol. The van der Waals surface area contributed by atoms with Crippen LogP contribution in [0.2, 0.25) is 0 Å². The van der Waals surface area contributed by atoms with Crippen molar-refractivity contribution < 1.29 is 29.1 Å². The van der Waals surface area contributed by atoms with Gasteiger partial charge in [-0.15, -0.1) is 0 Å². The minimum Gasteiger partial charge on any atom is -0.481 e. The molecule has 6 aliphatic carbocycles. The van der Waals surface area contributed by atoms with Gasteiger partial charge in [0.2, 0.25) is 23.6 Å². The molecule has 7 rings (SSSR count). The maximum atomic E-state index is 14.0. The van der Waals surface area contributed by atoms with Gasteiger partial charge in [0.25, 0.3) is 0 Å². The summed E-state index contributed by atoms with van der Waals surface area (Å²) < 4.78 is 0. The molecule has 0 heterocycles. The minimum atomic E-state index is -0.868. The van der Waals surface area contributed by atoms with E-state index < -0.39 is 24.0 Å². The van der Waals surface area contributed by atoms with Gasteiger partial charge < -0.3 is 30.9 Å². The lowest BCUT2D eigenvalue weighted by molar-refractivity contribution is -0.607. The lowest BCUT2D eigenvalue weighted by Crippen LogP contribution is -3.16. The second kappa shape index (κ2) is 12.1. The lowest BCUT2D eigenvalue weighted by Gasteiger charge is -3.10. The van der Waals surface area contributed by atoms with Crippen molar-refractivity contribution in [1.29, 1.82) is 0 Å². The zero-order chi connectivity index (χ0) is 35.0. The van der Waals surface area contributed by atoms with E-state index in [4.69, 9.17) is 0 Å². The molecule has 262 valence electrons. The number of hydrogen-bond acceptors (Lipinski definition) is 6. The standard InChI is InChI=1S/C37H53N5O6/c1-9-19(4)30(39-23(43)17-41(6)7)33(45)42(8)31(18(2)3)32(44)40-37-27-24-28(37)26-29(37)25(27)36(24,26)35(48)38-22(15-20(5)34(46)47)16-21-13-11-10-12-14-21/h10-14,18-20,22,24-31H,9,15-17H2,1-8H3,(H,38,48)(H,39,43)(H,40,44)(H,46,47)/t19-,20-,22+,24?,25?,26?,27?,28?,29?,30-,31-,36?,37?/m0/s1. The van der Waals surface area contributed by atoms with E-state index in [0.29, 0.717) is 19.3 Å². The van der Waals surface area contributed by atoms with Gasteiger partial charge in [-0.05, 0) is 79.8 Å². The van der Waals surface area contributed by atoms with Gasteiger partial charge >= 0.3 is 5.97 Å². The molecule has 4 N–H and O–H groups in total. The Morgan fingerprint density at radius 3 is 1.96 bits per heavy atom. The molecule has 6 saturated carbocycles. The minimum absolute atomic E-state index is 0.0576. The Morgan fingerprint density at radius 1 is 0.875 bits per heavy atom. The van der Waals surface area contributed by atoms with E-state index in [9.17, 15) is 29.1 Å². The summed E-state index contributed by atoms with van der Waals surface area (Å²) in [5.41, 5.74) is 0.422. The first-order chi connectivity index (χ1) is 22.6. The smallest absolute Gasteiger partial charge is 0.306 e. The summed E-state index contributed by atoms with van der Waals surface area (Å²) in [5, 5.41) is 19.2. The van der Waals surface area contributed by atoms with Crippen LogP contribution in [0.3, 0.4) is 0 Å². The average Bonchev–Trinajstić information content (AvgIpc) is 3.02. The zero-order valence-corrected chi connectivity index (χ0v) is 29.5. The maximum absolute atomic E-state index is 14.0. The molecule has 0 aliphatic heterocycles. The topological polar surface area (TPSA) is 148 Å². The van der Waals surface area contributed by atoms with Crippen molar-refractivity contribution in [2.75, 3.05) is 27.7 Å². The number of carboxylic acid groups (broad SMARTS) is 1. The molecule has 48 heavy (non-hydrogen) atoms. The van der Waals surface area contributed by atoms with E-state index in [1.165, 1.54) is 4.90 Å². The van der Waals surface area contributed by atoms with Gasteiger partial charge in [0, 0.05) is 13.1 Å². The molecule has 0 bridgehead atoms. The number of benzene rings is 1. The molecular formula is C37H53N5O6. The normalized spacial score (nSPS) is 34.0. The van der Waals surface area contributed by atoms with Gasteiger partial charge in [0.05, 0.1) is 23.4 Å². The Bertz CT molecular complexity index is 1420. The van der Waals surface area contributed by atoms with Gasteiger partial charge in [-0.2, -0.15) is 0 Å². The third-order valence-electron chi connectivity index (χ3n) is 13.0. The third-order valence-corrected chi connectivity index (χ3v) is 13.0. The highest BCUT2D eigenvalue weighted by atomic mass is 16.4. The summed E-state index contributed by atoms with van der Waals surface area (Å²) in [4.78, 5) is 69.4. The van der Waals surface area contributed by atoms with Gasteiger partial charge in [-0.1, -0.05) is 71.4 Å². The number of aliphatic carboxylic acids is 1. The Balaban J connectivity index is 1.10. The molecule has 11 nitrogen and oxygen atoms in total. The van der Waals surface area contributed by atoms with E-state index in [0.717, 1.165) is 5.56 Å². The molecule has 0 saturated heterocycles. The van der Waals surface area contributed by atoms with Crippen molar-refractivity contribution in [3.8, 4) is 0 Å². The van der Waals surface area contributed by atoms with Crippen LogP contribution >= 0.6 is 0 Å². The molecule has 11 heteroatoms. The van der Waals surface area contributed by atoms with Crippen molar-refractivity contribution in [3.05, 3.63) is 35.9 Å². The summed E-state index contributed by atoms with van der Waals surface area (Å²) in [5.74, 6) is -0.681. The second-order valence-corrected chi connectivity index (χ2v) is 16.2. The summed E-state index contributed by atoms with van der Waals surface area (Å²) in [6.45, 7) is 9.65. The largest absolute Gasteiger partial charge is 0.481 e. The first-order valence-corrected chi connectivity index (χ1v) is 17.7. The highest BCUT2D eigenvalue weighted by molar-refractivity contribution is 5.96. The fourth-order valence-corrected chi connectivity index (χ4v) is 10.9. The highest BCUT2D eigenvalue weighted by Crippen LogP contribution is 3.07. The fourth-order valence-electron chi connectivity index (χ4n) is 10.9. The Hall–Kier alpha value is -3.47. The highest BCUT2D eigenvalue weighted by Gasteiger charge is 3.12. The van der Waals surface area contributed by atoms with Crippen LogP contribution in [0, 0.1) is 58.7 Å². The second-order valence-electron chi connectivity index (χ2n) is 16.2. The molecule has 1 aromatic rings. The molecule has 0 aromatic heterocycles. The maximum Gasteiger partial charge on any atom is 0.306 e. The Labute approximate surface area is 283 Å². The van der Waals surface area contributed by atoms with Crippen molar-refractivity contribution in [3.63, 3.8) is 0 Å². The van der Waals surface area contributed by atoms with Crippen molar-refractivity contribution in [1.82, 2.24) is 25.8 Å². The predicted octanol–water partition coefficient (Wildman–Crippen LogP) is 2.01. The van der Waals surface area contributed by atoms with Gasteiger partial charge in [0.1, 0.15) is 12.1 Å². The van der Waals surface area contributed by atoms with Crippen molar-refractivity contribution in [2.45, 2.75) is 77.5 Å². The number of carboxylic acids is 1. The number of nitrogens with one attached hydrogen (secondary N) is 3. The number of carbonyl (C=O) groups excluding carboxylic acids is 4. The van der Waals surface area contributed by atoms with E-state index >= 15 is 0 Å². The summed E-state index contributed by atoms with van der Waals surface area (Å²) in [6.07, 6.45) is 1.64. The monoisotopic (exact) mass is 663 g/mol. The van der Waals surface area contributed by atoms with Crippen LogP contribution < -0.4 is 16.0 Å². The quantitative estimate of drug-likeness (QED) is 0.199. The summed E-state index contributed by atoms with van der Waals surface area (Å²) in [6, 6.07) is 8.16. The molecule has 0 radical (unpaired) electrons.